The summed E-state index contributed by atoms with van der Waals surface area (Å²) in [7, 11) is 0. The number of nitrogens with one attached hydrogen (secondary N) is 2. The topological polar surface area (TPSA) is 155 Å². The van der Waals surface area contributed by atoms with Crippen LogP contribution in [0.5, 0.6) is 0 Å². The van der Waals surface area contributed by atoms with Crippen LogP contribution < -0.4 is 10.6 Å². The highest BCUT2D eigenvalue weighted by Gasteiger charge is 2.61. The minimum absolute atomic E-state index is 0.000531. The number of amides is 4. The van der Waals surface area contributed by atoms with Gasteiger partial charge in [-0.15, -0.1) is 0 Å². The molecule has 5 atom stereocenters. The predicted molar refractivity (Wildman–Crippen MR) is 158 cm³/mol. The normalized spacial score (nSPS) is 28.9. The zero-order valence-electron chi connectivity index (χ0n) is 25.5. The first-order valence-electron chi connectivity index (χ1n) is 15.4. The van der Waals surface area contributed by atoms with Crippen molar-refractivity contribution in [2.24, 2.45) is 5.92 Å². The molecule has 0 spiro atoms. The van der Waals surface area contributed by atoms with E-state index in [1.807, 2.05) is 36.4 Å². The van der Waals surface area contributed by atoms with Gasteiger partial charge in [-0.2, -0.15) is 0 Å². The van der Waals surface area contributed by atoms with E-state index >= 15 is 0 Å². The molecular formula is C32H42N4O8. The smallest absolute Gasteiger partial charge is 0.410 e. The molecule has 5 rings (SSSR count). The molecule has 4 aliphatic rings. The number of carbonyl (C=O) groups is 5. The molecule has 3 heterocycles. The largest absolute Gasteiger partial charge is 0.479 e. The predicted octanol–water partition coefficient (Wildman–Crippen LogP) is 3.48. The number of aliphatic carboxylic acids is 1. The van der Waals surface area contributed by atoms with Crippen LogP contribution in [0.4, 0.5) is 9.59 Å². The number of fused-ring (bicyclic) bond motifs is 3. The van der Waals surface area contributed by atoms with E-state index in [0.717, 1.165) is 30.4 Å². The van der Waals surface area contributed by atoms with Crippen molar-refractivity contribution in [2.45, 2.75) is 108 Å². The Kier molecular flexibility index (Phi) is 8.90. The molecule has 44 heavy (non-hydrogen) atoms. The number of carboxylic acid groups (broad SMARTS) is 1. The van der Waals surface area contributed by atoms with Crippen molar-refractivity contribution < 1.29 is 38.6 Å². The highest BCUT2D eigenvalue weighted by atomic mass is 16.6. The molecule has 4 amide bonds. The van der Waals surface area contributed by atoms with Gasteiger partial charge in [0.15, 0.2) is 0 Å². The third-order valence-corrected chi connectivity index (χ3v) is 8.68. The fourth-order valence-electron chi connectivity index (χ4n) is 6.28. The van der Waals surface area contributed by atoms with E-state index in [4.69, 9.17) is 9.47 Å². The van der Waals surface area contributed by atoms with Crippen molar-refractivity contribution in [3.05, 3.63) is 47.5 Å². The van der Waals surface area contributed by atoms with Crippen molar-refractivity contribution in [3.8, 4) is 0 Å². The maximum atomic E-state index is 14.0. The molecule has 1 saturated carbocycles. The number of allylic oxidation sites excluding steroid dienone is 1. The van der Waals surface area contributed by atoms with Crippen LogP contribution in [0.2, 0.25) is 0 Å². The Morgan fingerprint density at radius 3 is 2.43 bits per heavy atom. The van der Waals surface area contributed by atoms with Crippen LogP contribution in [-0.2, 0) is 36.9 Å². The lowest BCUT2D eigenvalue weighted by Crippen LogP contribution is -2.56. The van der Waals surface area contributed by atoms with Crippen molar-refractivity contribution >= 4 is 30.0 Å². The molecule has 2 fully saturated rings. The monoisotopic (exact) mass is 610 g/mol. The molecule has 1 saturated heterocycles. The number of alkyl carbamates (subject to hydrolysis) is 1. The second-order valence-electron chi connectivity index (χ2n) is 13.2. The number of ether oxygens (including phenoxy) is 2. The summed E-state index contributed by atoms with van der Waals surface area (Å²) >= 11 is 0. The van der Waals surface area contributed by atoms with E-state index < -0.39 is 59.3 Å². The van der Waals surface area contributed by atoms with E-state index in [-0.39, 0.29) is 25.3 Å². The molecule has 3 N–H and O–H groups in total. The van der Waals surface area contributed by atoms with E-state index in [9.17, 15) is 29.1 Å². The van der Waals surface area contributed by atoms with Gasteiger partial charge in [-0.3, -0.25) is 14.5 Å². The SMILES string of the molecule is CC(C)(C)OC(=O)N[C@H]1CCCCCC=C[C@@H]2C[C@@]2(C(=O)O)NC(=O)C2C[C@@H](OC(=O)N3Cc4ccccc4C3)CN2C1=O. The van der Waals surface area contributed by atoms with E-state index in [0.29, 0.717) is 25.9 Å². The maximum absolute atomic E-state index is 14.0. The van der Waals surface area contributed by atoms with Gasteiger partial charge in [0.25, 0.3) is 0 Å². The molecule has 1 aliphatic carbocycles. The molecule has 12 nitrogen and oxygen atoms in total. The third kappa shape index (κ3) is 7.00. The summed E-state index contributed by atoms with van der Waals surface area (Å²) in [4.78, 5) is 68.8. The third-order valence-electron chi connectivity index (χ3n) is 8.68. The van der Waals surface area contributed by atoms with Gasteiger partial charge in [0, 0.05) is 25.4 Å². The fourth-order valence-corrected chi connectivity index (χ4v) is 6.28. The summed E-state index contributed by atoms with van der Waals surface area (Å²) in [5.74, 6) is -2.63. The Balaban J connectivity index is 1.37. The van der Waals surface area contributed by atoms with Crippen molar-refractivity contribution in [1.82, 2.24) is 20.4 Å². The zero-order chi connectivity index (χ0) is 31.6. The first-order valence-corrected chi connectivity index (χ1v) is 15.4. The van der Waals surface area contributed by atoms with Gasteiger partial charge in [-0.1, -0.05) is 49.3 Å². The number of rotatable bonds is 3. The van der Waals surface area contributed by atoms with E-state index in [1.54, 1.807) is 25.7 Å². The van der Waals surface area contributed by atoms with Gasteiger partial charge >= 0.3 is 18.2 Å². The van der Waals surface area contributed by atoms with Crippen LogP contribution in [0.25, 0.3) is 0 Å². The van der Waals surface area contributed by atoms with Gasteiger partial charge in [-0.25, -0.2) is 14.4 Å². The number of nitrogens with zero attached hydrogens (tertiary/aromatic N) is 2. The Bertz CT molecular complexity index is 1310. The van der Waals surface area contributed by atoms with Crippen molar-refractivity contribution in [2.75, 3.05) is 6.54 Å². The summed E-state index contributed by atoms with van der Waals surface area (Å²) in [6.07, 6.45) is 5.25. The standard InChI is InChI=1S/C32H42N4O8/c1-31(2,3)44-29(41)33-24-14-8-6-4-5-7-13-22-16-32(22,28(39)40)34-26(37)25-15-23(19-36(25)27(24)38)43-30(42)35-17-20-11-9-10-12-21(20)18-35/h7,9-13,22-25H,4-6,8,14-19H2,1-3H3,(H,33,41)(H,34,37)(H,39,40)/t22-,23-,24+,25?,32-/m1/s1. The molecule has 0 aromatic heterocycles. The van der Waals surface area contributed by atoms with Crippen molar-refractivity contribution in [1.29, 1.82) is 0 Å². The van der Waals surface area contributed by atoms with Crippen molar-refractivity contribution in [3.63, 3.8) is 0 Å². The Hall–Kier alpha value is -4.09. The van der Waals surface area contributed by atoms with Crippen LogP contribution in [-0.4, -0.2) is 80.7 Å². The Morgan fingerprint density at radius 1 is 1.07 bits per heavy atom. The molecule has 0 bridgehead atoms. The number of hydrogen-bond donors (Lipinski definition) is 3. The van der Waals surface area contributed by atoms with Gasteiger partial charge in [0.2, 0.25) is 11.8 Å². The first-order chi connectivity index (χ1) is 20.9. The Labute approximate surface area is 257 Å². The van der Waals surface area contributed by atoms with E-state index in [1.165, 1.54) is 4.90 Å². The summed E-state index contributed by atoms with van der Waals surface area (Å²) < 4.78 is 11.2. The van der Waals surface area contributed by atoms with Crippen LogP contribution >= 0.6 is 0 Å². The maximum Gasteiger partial charge on any atom is 0.410 e. The summed E-state index contributed by atoms with van der Waals surface area (Å²) in [6.45, 7) is 5.89. The van der Waals surface area contributed by atoms with Gasteiger partial charge in [0.05, 0.1) is 6.54 Å². The molecule has 12 heteroatoms. The lowest BCUT2D eigenvalue weighted by atomic mass is 10.0. The molecule has 0 radical (unpaired) electrons. The lowest BCUT2D eigenvalue weighted by Gasteiger charge is -2.30. The average Bonchev–Trinajstić information content (AvgIpc) is 3.27. The van der Waals surface area contributed by atoms with Gasteiger partial charge in [0.1, 0.15) is 29.3 Å². The summed E-state index contributed by atoms with van der Waals surface area (Å²) in [5.41, 5.74) is -0.176. The highest BCUT2D eigenvalue weighted by molar-refractivity contribution is 5.96. The number of carboxylic acids is 1. The van der Waals surface area contributed by atoms with Crippen LogP contribution in [0.1, 0.15) is 76.8 Å². The lowest BCUT2D eigenvalue weighted by molar-refractivity contribution is -0.145. The molecule has 1 aromatic rings. The van der Waals surface area contributed by atoms with Crippen LogP contribution in [0, 0.1) is 5.92 Å². The average molecular weight is 611 g/mol. The first kappa shape index (κ1) is 31.3. The van der Waals surface area contributed by atoms with Gasteiger partial charge < -0.3 is 30.1 Å². The molecule has 238 valence electrons. The van der Waals surface area contributed by atoms with Crippen LogP contribution in [0.3, 0.4) is 0 Å². The second-order valence-corrected chi connectivity index (χ2v) is 13.2. The molecule has 1 unspecified atom stereocenters. The zero-order valence-corrected chi connectivity index (χ0v) is 25.5. The fraction of sp³-hybridized carbons (Fsp3) is 0.594. The quantitative estimate of drug-likeness (QED) is 0.440. The minimum atomic E-state index is -1.45. The molecule has 1 aromatic carbocycles. The number of hydrogen-bond acceptors (Lipinski definition) is 7. The number of benzene rings is 1. The number of carbonyl (C=O) groups excluding carboxylic acids is 4. The highest BCUT2D eigenvalue weighted by Crippen LogP contribution is 2.45. The van der Waals surface area contributed by atoms with Crippen LogP contribution in [0.15, 0.2) is 36.4 Å². The molecule has 3 aliphatic heterocycles. The summed E-state index contributed by atoms with van der Waals surface area (Å²) in [6, 6.07) is 5.65. The van der Waals surface area contributed by atoms with Gasteiger partial charge in [-0.05, 0) is 57.6 Å². The Morgan fingerprint density at radius 2 is 1.77 bits per heavy atom. The molecular weight excluding hydrogens is 568 g/mol. The summed E-state index contributed by atoms with van der Waals surface area (Å²) in [5, 5.41) is 15.4. The second kappa shape index (κ2) is 12.5. The van der Waals surface area contributed by atoms with E-state index in [2.05, 4.69) is 10.6 Å². The minimum Gasteiger partial charge on any atom is -0.479 e.